The second-order valence-electron chi connectivity index (χ2n) is 10.4. The van der Waals surface area contributed by atoms with Crippen LogP contribution in [0, 0.1) is 6.92 Å². The zero-order valence-electron chi connectivity index (χ0n) is 25.3. The second-order valence-corrected chi connectivity index (χ2v) is 12.2. The molecular formula is C34H35N3O7S. The van der Waals surface area contributed by atoms with E-state index in [2.05, 4.69) is 5.32 Å². The van der Waals surface area contributed by atoms with Crippen LogP contribution in [-0.2, 0) is 26.2 Å². The summed E-state index contributed by atoms with van der Waals surface area (Å²) in [5.41, 5.74) is 2.32. The van der Waals surface area contributed by atoms with Crippen LogP contribution in [0.3, 0.4) is 0 Å². The van der Waals surface area contributed by atoms with E-state index in [-0.39, 0.29) is 29.4 Å². The predicted molar refractivity (Wildman–Crippen MR) is 171 cm³/mol. The van der Waals surface area contributed by atoms with Crippen molar-refractivity contribution in [3.63, 3.8) is 0 Å². The van der Waals surface area contributed by atoms with E-state index < -0.39 is 34.5 Å². The average Bonchev–Trinajstić information content (AvgIpc) is 3.06. The maximum absolute atomic E-state index is 14.3. The van der Waals surface area contributed by atoms with Crippen LogP contribution in [-0.4, -0.2) is 53.1 Å². The van der Waals surface area contributed by atoms with Gasteiger partial charge in [0.15, 0.2) is 6.10 Å². The molecule has 0 fully saturated rings. The van der Waals surface area contributed by atoms with Gasteiger partial charge in [0.05, 0.1) is 31.6 Å². The number of carbonyl (C=O) groups excluding carboxylic acids is 2. The summed E-state index contributed by atoms with van der Waals surface area (Å²) in [6.07, 6.45) is -1.01. The summed E-state index contributed by atoms with van der Waals surface area (Å²) in [5.74, 6) is 0.107. The van der Waals surface area contributed by atoms with E-state index in [1.54, 1.807) is 67.6 Å². The first-order valence-corrected chi connectivity index (χ1v) is 15.9. The minimum absolute atomic E-state index is 0.0766. The highest BCUT2D eigenvalue weighted by Crippen LogP contribution is 2.35. The van der Waals surface area contributed by atoms with Crippen molar-refractivity contribution in [1.82, 2.24) is 5.32 Å². The van der Waals surface area contributed by atoms with Gasteiger partial charge in [-0.25, -0.2) is 8.42 Å². The van der Waals surface area contributed by atoms with Crippen LogP contribution in [0.2, 0.25) is 0 Å². The summed E-state index contributed by atoms with van der Waals surface area (Å²) in [4.78, 5) is 28.7. The van der Waals surface area contributed by atoms with Crippen LogP contribution in [0.1, 0.15) is 18.1 Å². The van der Waals surface area contributed by atoms with Gasteiger partial charge in [-0.15, -0.1) is 0 Å². The highest BCUT2D eigenvalue weighted by molar-refractivity contribution is 7.93. The van der Waals surface area contributed by atoms with Crippen molar-refractivity contribution in [3.8, 4) is 17.2 Å². The van der Waals surface area contributed by atoms with E-state index in [1.807, 2.05) is 37.3 Å². The maximum atomic E-state index is 14.3. The molecule has 10 nitrogen and oxygen atoms in total. The molecule has 0 aromatic heterocycles. The number of rotatable bonds is 11. The number of amides is 2. The molecule has 1 unspecified atom stereocenters. The first-order valence-electron chi connectivity index (χ1n) is 14.5. The van der Waals surface area contributed by atoms with E-state index in [1.165, 1.54) is 18.1 Å². The number of nitrogens with zero attached hydrogens (tertiary/aromatic N) is 2. The largest absolute Gasteiger partial charge is 0.495 e. The first-order chi connectivity index (χ1) is 21.7. The number of hydrogen-bond acceptors (Lipinski definition) is 7. The van der Waals surface area contributed by atoms with Gasteiger partial charge >= 0.3 is 0 Å². The highest BCUT2D eigenvalue weighted by Gasteiger charge is 2.37. The van der Waals surface area contributed by atoms with E-state index in [9.17, 15) is 18.0 Å². The fraction of sp³-hybridized carbons (Fsp3) is 0.235. The van der Waals surface area contributed by atoms with E-state index in [0.29, 0.717) is 29.4 Å². The van der Waals surface area contributed by atoms with Crippen molar-refractivity contribution in [2.75, 3.05) is 36.0 Å². The molecule has 4 aromatic rings. The Hall–Kier alpha value is -5.03. The lowest BCUT2D eigenvalue weighted by Crippen LogP contribution is -2.53. The molecule has 1 heterocycles. The van der Waals surface area contributed by atoms with Gasteiger partial charge in [0.1, 0.15) is 28.7 Å². The zero-order chi connectivity index (χ0) is 32.0. The molecule has 45 heavy (non-hydrogen) atoms. The number of para-hydroxylation sites is 2. The number of sulfonamides is 1. The van der Waals surface area contributed by atoms with Crippen molar-refractivity contribution < 1.29 is 32.2 Å². The number of carbonyl (C=O) groups is 2. The number of hydrogen-bond donors (Lipinski definition) is 1. The van der Waals surface area contributed by atoms with Crippen LogP contribution < -0.4 is 28.7 Å². The fourth-order valence-electron chi connectivity index (χ4n) is 5.01. The second kappa shape index (κ2) is 13.7. The highest BCUT2D eigenvalue weighted by atomic mass is 32.2. The minimum atomic E-state index is -4.32. The smallest absolute Gasteiger partial charge is 0.268 e. The van der Waals surface area contributed by atoms with Crippen molar-refractivity contribution in [2.45, 2.75) is 31.4 Å². The number of methoxy groups -OCH3 is 1. The number of ether oxygens (including phenoxy) is 3. The number of benzene rings is 4. The Morgan fingerprint density at radius 2 is 1.69 bits per heavy atom. The summed E-state index contributed by atoms with van der Waals surface area (Å²) in [7, 11) is -2.92. The monoisotopic (exact) mass is 629 g/mol. The summed E-state index contributed by atoms with van der Waals surface area (Å²) in [6.45, 7) is 3.69. The molecule has 2 amide bonds. The van der Waals surface area contributed by atoms with Crippen LogP contribution in [0.15, 0.2) is 102 Å². The van der Waals surface area contributed by atoms with Gasteiger partial charge in [0.25, 0.3) is 15.9 Å². The summed E-state index contributed by atoms with van der Waals surface area (Å²) in [6, 6.07) is 27.6. The zero-order valence-corrected chi connectivity index (χ0v) is 26.1. The van der Waals surface area contributed by atoms with Crippen LogP contribution in [0.5, 0.6) is 17.2 Å². The third-order valence-corrected chi connectivity index (χ3v) is 9.07. The Kier molecular flexibility index (Phi) is 9.58. The van der Waals surface area contributed by atoms with Gasteiger partial charge in [-0.1, -0.05) is 48.5 Å². The molecule has 0 spiro atoms. The van der Waals surface area contributed by atoms with Crippen LogP contribution in [0.25, 0.3) is 0 Å². The lowest BCUT2D eigenvalue weighted by atomic mass is 10.1. The number of nitrogens with one attached hydrogen (secondary N) is 1. The average molecular weight is 630 g/mol. The number of anilines is 2. The topological polar surface area (TPSA) is 114 Å². The molecule has 4 aromatic carbocycles. The Bertz CT molecular complexity index is 1760. The maximum Gasteiger partial charge on any atom is 0.268 e. The van der Waals surface area contributed by atoms with Crippen molar-refractivity contribution in [1.29, 1.82) is 0 Å². The fourth-order valence-corrected chi connectivity index (χ4v) is 6.67. The normalized spacial score (nSPS) is 14.1. The molecule has 1 aliphatic rings. The van der Waals surface area contributed by atoms with E-state index in [4.69, 9.17) is 14.2 Å². The molecule has 1 N–H and O–H groups in total. The SMILES string of the molecule is CCOc1ccc(N(CC(=O)N2CC(C(=O)NCc3ccccc3)Oc3ccccc32)S(=O)(=O)c2cc(C)ccc2OC)cc1. The lowest BCUT2D eigenvalue weighted by Gasteiger charge is -2.35. The molecule has 11 heteroatoms. The van der Waals surface area contributed by atoms with Gasteiger partial charge in [-0.2, -0.15) is 0 Å². The number of fused-ring (bicyclic) bond motifs is 1. The van der Waals surface area contributed by atoms with Gasteiger partial charge in [0, 0.05) is 6.54 Å². The molecule has 5 rings (SSSR count). The Labute approximate surface area is 263 Å². The molecule has 1 atom stereocenters. The third-order valence-electron chi connectivity index (χ3n) is 7.28. The van der Waals surface area contributed by atoms with E-state index >= 15 is 0 Å². The van der Waals surface area contributed by atoms with Crippen LogP contribution in [0.4, 0.5) is 11.4 Å². The Morgan fingerprint density at radius 1 is 0.978 bits per heavy atom. The number of aryl methyl sites for hydroxylation is 1. The molecule has 0 aliphatic carbocycles. The molecule has 0 saturated heterocycles. The van der Waals surface area contributed by atoms with Gasteiger partial charge < -0.3 is 24.4 Å². The van der Waals surface area contributed by atoms with Crippen molar-refractivity contribution in [2.24, 2.45) is 0 Å². The standard InChI is InChI=1S/C34H35N3O7S/c1-4-43-27-17-15-26(16-18-27)37(45(40,41)32-20-24(2)14-19-30(32)42-3)23-33(38)36-22-31(44-29-13-9-8-12-28(29)36)34(39)35-21-25-10-6-5-7-11-25/h5-20,31H,4,21-23H2,1-3H3,(H,35,39). The molecule has 234 valence electrons. The van der Waals surface area contributed by atoms with Gasteiger partial charge in [-0.3, -0.25) is 13.9 Å². The molecular weight excluding hydrogens is 594 g/mol. The summed E-state index contributed by atoms with van der Waals surface area (Å²) in [5, 5.41) is 2.87. The predicted octanol–water partition coefficient (Wildman–Crippen LogP) is 4.71. The third kappa shape index (κ3) is 7.04. The first kappa shape index (κ1) is 31.4. The lowest BCUT2D eigenvalue weighted by molar-refractivity contribution is -0.128. The molecule has 0 radical (unpaired) electrons. The quantitative estimate of drug-likeness (QED) is 0.256. The molecule has 1 aliphatic heterocycles. The van der Waals surface area contributed by atoms with E-state index in [0.717, 1.165) is 9.87 Å². The summed E-state index contributed by atoms with van der Waals surface area (Å²) >= 11 is 0. The van der Waals surface area contributed by atoms with Crippen molar-refractivity contribution in [3.05, 3.63) is 108 Å². The Balaban J connectivity index is 1.47. The van der Waals surface area contributed by atoms with Crippen molar-refractivity contribution >= 4 is 33.2 Å². The van der Waals surface area contributed by atoms with Gasteiger partial charge in [-0.05, 0) is 73.5 Å². The molecule has 0 saturated carbocycles. The molecule has 0 bridgehead atoms. The summed E-state index contributed by atoms with van der Waals surface area (Å²) < 4.78 is 46.6. The minimum Gasteiger partial charge on any atom is -0.495 e. The van der Waals surface area contributed by atoms with Gasteiger partial charge in [0.2, 0.25) is 5.91 Å². The Morgan fingerprint density at radius 3 is 2.40 bits per heavy atom. The van der Waals surface area contributed by atoms with Crippen LogP contribution >= 0.6 is 0 Å².